The Bertz CT molecular complexity index is 1030. The summed E-state index contributed by atoms with van der Waals surface area (Å²) >= 11 is 0. The number of ether oxygens (including phenoxy) is 1. The quantitative estimate of drug-likeness (QED) is 0.599. The summed E-state index contributed by atoms with van der Waals surface area (Å²) in [6.07, 6.45) is -0.671. The zero-order valence-electron chi connectivity index (χ0n) is 16.7. The highest BCUT2D eigenvalue weighted by atomic mass is 16.5. The molecule has 0 aliphatic carbocycles. The van der Waals surface area contributed by atoms with E-state index >= 15 is 0 Å². The number of hydrogen-bond acceptors (Lipinski definition) is 6. The number of amides is 3. The molecule has 0 spiro atoms. The molecule has 1 saturated heterocycles. The number of nitrogens with one attached hydrogen (secondary N) is 1. The highest BCUT2D eigenvalue weighted by Crippen LogP contribution is 2.28. The summed E-state index contributed by atoms with van der Waals surface area (Å²) in [6.45, 7) is 2.50. The van der Waals surface area contributed by atoms with Crippen LogP contribution in [-0.4, -0.2) is 60.4 Å². The topological polar surface area (TPSA) is 94.3 Å². The number of nitrogens with zero attached hydrogens (tertiary/aromatic N) is 4. The van der Waals surface area contributed by atoms with E-state index in [0.717, 1.165) is 21.7 Å². The molecule has 3 amide bonds. The average Bonchev–Trinajstić information content (AvgIpc) is 3.15. The van der Waals surface area contributed by atoms with Crippen molar-refractivity contribution in [3.05, 3.63) is 54.1 Å². The van der Waals surface area contributed by atoms with E-state index in [1.165, 1.54) is 4.90 Å². The van der Waals surface area contributed by atoms with Crippen molar-refractivity contribution in [2.75, 3.05) is 37.0 Å². The van der Waals surface area contributed by atoms with Crippen molar-refractivity contribution in [2.45, 2.75) is 13.2 Å². The van der Waals surface area contributed by atoms with Gasteiger partial charge in [0.2, 0.25) is 0 Å². The standard InChI is InChI=1S/C21H21N5O4/c1-14-4-3-5-15(12-14)22-18(27)13-26-20(29)19(28)25-11-10-24(21(25)23-26)16-6-8-17(30-2)9-7-16/h3-9,12,21H,10-11,13H2,1-2H3/p+1. The minimum atomic E-state index is -0.803. The second-order valence-corrected chi connectivity index (χ2v) is 7.13. The van der Waals surface area contributed by atoms with Crippen molar-refractivity contribution in [3.8, 4) is 5.75 Å². The summed E-state index contributed by atoms with van der Waals surface area (Å²) in [5.74, 6) is -1.17. The fourth-order valence-corrected chi connectivity index (χ4v) is 3.56. The zero-order valence-corrected chi connectivity index (χ0v) is 16.7. The number of fused-ring (bicyclic) bond motifs is 1. The molecule has 2 aliphatic heterocycles. The molecule has 0 saturated carbocycles. The first-order chi connectivity index (χ1) is 14.5. The number of carbonyl (C=O) groups is 3. The minimum absolute atomic E-state index is 0.334. The minimum Gasteiger partial charge on any atom is -0.497 e. The van der Waals surface area contributed by atoms with Gasteiger partial charge < -0.3 is 15.0 Å². The molecular formula is C21H22N5O4+. The Balaban J connectivity index is 1.54. The largest absolute Gasteiger partial charge is 0.502 e. The van der Waals surface area contributed by atoms with E-state index in [0.29, 0.717) is 18.8 Å². The fraction of sp³-hybridized carbons (Fsp3) is 0.286. The first-order valence-electron chi connectivity index (χ1n) is 9.57. The Morgan fingerprint density at radius 3 is 2.60 bits per heavy atom. The smallest absolute Gasteiger partial charge is 0.497 e. The molecule has 1 N–H and O–H groups in total. The Kier molecular flexibility index (Phi) is 5.18. The van der Waals surface area contributed by atoms with Crippen molar-refractivity contribution in [1.82, 2.24) is 4.90 Å². The molecule has 1 atom stereocenters. The highest BCUT2D eigenvalue weighted by Gasteiger charge is 2.49. The second-order valence-electron chi connectivity index (χ2n) is 7.13. The van der Waals surface area contributed by atoms with E-state index in [4.69, 9.17) is 4.74 Å². The monoisotopic (exact) mass is 408 g/mol. The van der Waals surface area contributed by atoms with Crippen LogP contribution in [-0.2, 0) is 14.4 Å². The second kappa shape index (κ2) is 7.94. The number of benzene rings is 2. The van der Waals surface area contributed by atoms with Crippen LogP contribution in [0.15, 0.2) is 53.6 Å². The first-order valence-corrected chi connectivity index (χ1v) is 9.57. The molecule has 1 unspecified atom stereocenters. The Morgan fingerprint density at radius 2 is 1.90 bits per heavy atom. The van der Waals surface area contributed by atoms with Crippen molar-refractivity contribution < 1.29 is 23.8 Å². The fourth-order valence-electron chi connectivity index (χ4n) is 3.56. The molecular weight excluding hydrogens is 386 g/mol. The van der Waals surface area contributed by atoms with E-state index in [1.54, 1.807) is 13.2 Å². The van der Waals surface area contributed by atoms with Crippen molar-refractivity contribution in [2.24, 2.45) is 5.11 Å². The zero-order chi connectivity index (χ0) is 21.3. The van der Waals surface area contributed by atoms with E-state index in [-0.39, 0.29) is 6.54 Å². The van der Waals surface area contributed by atoms with Crippen LogP contribution in [0.25, 0.3) is 0 Å². The van der Waals surface area contributed by atoms with Gasteiger partial charge in [-0.3, -0.25) is 14.5 Å². The van der Waals surface area contributed by atoms with Crippen LogP contribution in [0, 0.1) is 6.92 Å². The third-order valence-electron chi connectivity index (χ3n) is 5.06. The SMILES string of the molecule is COc1ccc(N2CCN3C(=O)C(=O)[N+](CC(=O)Nc4cccc(C)c4)=NC32)cc1. The predicted octanol–water partition coefficient (Wildman–Crippen LogP) is 1.58. The maximum absolute atomic E-state index is 12.6. The number of azo groups is 2. The van der Waals surface area contributed by atoms with Crippen LogP contribution in [0.5, 0.6) is 5.75 Å². The van der Waals surface area contributed by atoms with Crippen LogP contribution in [0.1, 0.15) is 5.56 Å². The number of anilines is 2. The molecule has 0 bridgehead atoms. The van der Waals surface area contributed by atoms with Crippen LogP contribution in [0.3, 0.4) is 0 Å². The van der Waals surface area contributed by atoms with Crippen molar-refractivity contribution in [1.29, 1.82) is 0 Å². The molecule has 154 valence electrons. The normalized spacial score (nSPS) is 18.2. The molecule has 1 fully saturated rings. The molecule has 0 radical (unpaired) electrons. The molecule has 2 heterocycles. The van der Waals surface area contributed by atoms with Crippen LogP contribution >= 0.6 is 0 Å². The van der Waals surface area contributed by atoms with E-state index < -0.39 is 24.0 Å². The van der Waals surface area contributed by atoms with Crippen molar-refractivity contribution in [3.63, 3.8) is 0 Å². The lowest BCUT2D eigenvalue weighted by Gasteiger charge is -2.27. The van der Waals surface area contributed by atoms with Gasteiger partial charge in [0.25, 0.3) is 18.7 Å². The molecule has 2 aromatic carbocycles. The lowest BCUT2D eigenvalue weighted by Crippen LogP contribution is -2.52. The number of aryl methyl sites for hydroxylation is 1. The predicted molar refractivity (Wildman–Crippen MR) is 108 cm³/mol. The van der Waals surface area contributed by atoms with E-state index in [1.807, 2.05) is 54.3 Å². The van der Waals surface area contributed by atoms with Gasteiger partial charge in [-0.1, -0.05) is 12.1 Å². The molecule has 9 heteroatoms. The van der Waals surface area contributed by atoms with E-state index in [9.17, 15) is 14.4 Å². The summed E-state index contributed by atoms with van der Waals surface area (Å²) in [4.78, 5) is 40.8. The third-order valence-corrected chi connectivity index (χ3v) is 5.06. The molecule has 0 aromatic heterocycles. The summed E-state index contributed by atoms with van der Waals surface area (Å²) in [5, 5.41) is 7.13. The van der Waals surface area contributed by atoms with Crippen LogP contribution in [0.2, 0.25) is 0 Å². The van der Waals surface area contributed by atoms with Crippen LogP contribution in [0.4, 0.5) is 11.4 Å². The van der Waals surface area contributed by atoms with Crippen molar-refractivity contribution >= 4 is 29.1 Å². The van der Waals surface area contributed by atoms with Crippen LogP contribution < -0.4 is 15.0 Å². The Labute approximate surface area is 173 Å². The maximum Gasteiger partial charge on any atom is 0.502 e. The number of hydrogen-bond donors (Lipinski definition) is 1. The summed E-state index contributed by atoms with van der Waals surface area (Å²) in [6, 6.07) is 14.7. The first kappa shape index (κ1) is 19.6. The summed E-state index contributed by atoms with van der Waals surface area (Å²) in [7, 11) is 1.59. The van der Waals surface area contributed by atoms with Gasteiger partial charge in [0.05, 0.1) is 7.11 Å². The lowest BCUT2D eigenvalue weighted by atomic mass is 10.2. The van der Waals surface area contributed by atoms with Gasteiger partial charge in [0.1, 0.15) is 5.75 Å². The lowest BCUT2D eigenvalue weighted by molar-refractivity contribution is -0.509. The van der Waals surface area contributed by atoms with Gasteiger partial charge in [0.15, 0.2) is 0 Å². The van der Waals surface area contributed by atoms with Gasteiger partial charge in [-0.05, 0) is 53.6 Å². The van der Waals surface area contributed by atoms with E-state index in [2.05, 4.69) is 10.4 Å². The van der Waals surface area contributed by atoms with Gasteiger partial charge >= 0.3 is 11.8 Å². The summed E-state index contributed by atoms with van der Waals surface area (Å²) in [5.41, 5.74) is 2.47. The average molecular weight is 408 g/mol. The third kappa shape index (κ3) is 3.73. The van der Waals surface area contributed by atoms with Gasteiger partial charge in [-0.2, -0.15) is 0 Å². The molecule has 2 aromatic rings. The molecule has 4 rings (SSSR count). The number of carbonyl (C=O) groups excluding carboxylic acids is 3. The molecule has 9 nitrogen and oxygen atoms in total. The molecule has 2 aliphatic rings. The Morgan fingerprint density at radius 1 is 1.17 bits per heavy atom. The Hall–Kier alpha value is -3.75. The number of methoxy groups -OCH3 is 1. The number of rotatable bonds is 5. The highest BCUT2D eigenvalue weighted by molar-refractivity contribution is 6.32. The van der Waals surface area contributed by atoms with Gasteiger partial charge in [-0.25, -0.2) is 4.79 Å². The molecule has 30 heavy (non-hydrogen) atoms. The van der Waals surface area contributed by atoms with Gasteiger partial charge in [-0.15, -0.1) is 0 Å². The maximum atomic E-state index is 12.6. The summed E-state index contributed by atoms with van der Waals surface area (Å²) < 4.78 is 6.14. The van der Waals surface area contributed by atoms with Gasteiger partial charge in [0, 0.05) is 29.6 Å².